The number of allylic oxidation sites excluding steroid dienone is 6. The van der Waals surface area contributed by atoms with Crippen molar-refractivity contribution in [2.24, 2.45) is 0 Å². The van der Waals surface area contributed by atoms with Gasteiger partial charge in [-0.25, -0.2) is 0 Å². The highest BCUT2D eigenvalue weighted by atomic mass is 16.1. The topological polar surface area (TPSA) is 59.4 Å². The zero-order valence-corrected chi connectivity index (χ0v) is 20.4. The third kappa shape index (κ3) is 3.91. The lowest BCUT2D eigenvalue weighted by Crippen LogP contribution is -2.40. The number of benzene rings is 1. The van der Waals surface area contributed by atoms with Gasteiger partial charge in [-0.05, 0) is 74.2 Å². The normalized spacial score (nSPS) is 27.0. The van der Waals surface area contributed by atoms with E-state index in [1.165, 1.54) is 38.8 Å². The quantitative estimate of drug-likeness (QED) is 0.721. The number of rotatable bonds is 3. The van der Waals surface area contributed by atoms with Gasteiger partial charge >= 0.3 is 0 Å². The predicted octanol–water partition coefficient (Wildman–Crippen LogP) is 4.64. The molecule has 5 nitrogen and oxygen atoms in total. The van der Waals surface area contributed by atoms with Crippen molar-refractivity contribution in [3.8, 4) is 6.07 Å². The van der Waals surface area contributed by atoms with E-state index in [0.717, 1.165) is 35.6 Å². The highest BCUT2D eigenvalue weighted by Gasteiger charge is 2.40. The SMILES string of the molecule is C=C1/C=C\C(C#N)=C/CNC2=C1C(=O)c1cc(N3CCC[C@H]3CN3CCCC3)ccc1C2(C)C. The van der Waals surface area contributed by atoms with E-state index in [1.807, 2.05) is 6.08 Å². The number of carbonyl (C=O) groups is 1. The smallest absolute Gasteiger partial charge is 0.195 e. The third-order valence-electron chi connectivity index (χ3n) is 7.91. The molecule has 2 saturated heterocycles. The number of nitriles is 1. The molecule has 1 aliphatic carbocycles. The molecule has 2 fully saturated rings. The molecule has 1 aromatic carbocycles. The lowest BCUT2D eigenvalue weighted by Gasteiger charge is -2.38. The Labute approximate surface area is 203 Å². The minimum absolute atomic E-state index is 0.0176. The van der Waals surface area contributed by atoms with Gasteiger partial charge in [-0.3, -0.25) is 4.79 Å². The summed E-state index contributed by atoms with van der Waals surface area (Å²) in [4.78, 5) is 19.0. The van der Waals surface area contributed by atoms with Crippen LogP contribution in [0.2, 0.25) is 0 Å². The highest BCUT2D eigenvalue weighted by molar-refractivity contribution is 6.15. The van der Waals surface area contributed by atoms with Crippen LogP contribution in [0.15, 0.2) is 65.4 Å². The van der Waals surface area contributed by atoms with Crippen molar-refractivity contribution in [1.29, 1.82) is 5.26 Å². The summed E-state index contributed by atoms with van der Waals surface area (Å²) in [5, 5.41) is 12.8. The number of Topliss-reactive ketones (excluding diaryl/α,β-unsaturated/α-hetero) is 1. The summed E-state index contributed by atoms with van der Waals surface area (Å²) in [7, 11) is 0. The minimum Gasteiger partial charge on any atom is -0.383 e. The molecular weight excluding hydrogens is 420 g/mol. The van der Waals surface area contributed by atoms with Gasteiger partial charge in [0.2, 0.25) is 0 Å². The summed E-state index contributed by atoms with van der Waals surface area (Å²) >= 11 is 0. The predicted molar refractivity (Wildman–Crippen MR) is 137 cm³/mol. The number of fused-ring (bicyclic) bond motifs is 1. The van der Waals surface area contributed by atoms with Crippen LogP contribution in [0.4, 0.5) is 5.69 Å². The van der Waals surface area contributed by atoms with Crippen molar-refractivity contribution >= 4 is 11.5 Å². The molecule has 1 N–H and O–H groups in total. The maximum atomic E-state index is 13.9. The Hall–Kier alpha value is -3.10. The maximum absolute atomic E-state index is 13.9. The first-order valence-electron chi connectivity index (χ1n) is 12.5. The molecule has 0 radical (unpaired) electrons. The Morgan fingerprint density at radius 2 is 1.97 bits per heavy atom. The second-order valence-electron chi connectivity index (χ2n) is 10.4. The number of hydrogen-bond donors (Lipinski definition) is 1. The van der Waals surface area contributed by atoms with E-state index < -0.39 is 0 Å². The number of carbonyl (C=O) groups excluding carboxylic acids is 1. The van der Waals surface area contributed by atoms with Crippen LogP contribution < -0.4 is 10.2 Å². The van der Waals surface area contributed by atoms with Crippen LogP contribution in [0.1, 0.15) is 55.5 Å². The average Bonchev–Trinajstić information content (AvgIpc) is 3.52. The van der Waals surface area contributed by atoms with E-state index >= 15 is 0 Å². The summed E-state index contributed by atoms with van der Waals surface area (Å²) in [6.45, 7) is 13.6. The van der Waals surface area contributed by atoms with Crippen LogP contribution in [0, 0.1) is 11.3 Å². The number of anilines is 1. The van der Waals surface area contributed by atoms with Crippen molar-refractivity contribution in [2.45, 2.75) is 51.0 Å². The first-order valence-corrected chi connectivity index (χ1v) is 12.5. The van der Waals surface area contributed by atoms with E-state index in [0.29, 0.717) is 29.3 Å². The molecule has 5 rings (SSSR count). The zero-order valence-electron chi connectivity index (χ0n) is 20.4. The Bertz CT molecular complexity index is 1160. The molecule has 34 heavy (non-hydrogen) atoms. The molecule has 0 unspecified atom stereocenters. The van der Waals surface area contributed by atoms with E-state index in [1.54, 1.807) is 12.2 Å². The molecule has 1 aromatic rings. The molecule has 0 bridgehead atoms. The Kier molecular flexibility index (Phi) is 5.95. The van der Waals surface area contributed by atoms with Gasteiger partial charge in [0.25, 0.3) is 0 Å². The monoisotopic (exact) mass is 454 g/mol. The molecule has 176 valence electrons. The summed E-state index contributed by atoms with van der Waals surface area (Å²) in [5.41, 5.74) is 5.33. The molecule has 0 spiro atoms. The lowest BCUT2D eigenvalue weighted by molar-refractivity contribution is 0.102. The number of likely N-dealkylation sites (tertiary alicyclic amines) is 1. The van der Waals surface area contributed by atoms with E-state index in [2.05, 4.69) is 59.8 Å². The fourth-order valence-electron chi connectivity index (χ4n) is 6.07. The molecule has 1 atom stereocenters. The molecule has 3 heterocycles. The molecular formula is C29H34N4O. The van der Waals surface area contributed by atoms with Gasteiger partial charge in [0, 0.05) is 59.2 Å². The van der Waals surface area contributed by atoms with Gasteiger partial charge in [0.1, 0.15) is 0 Å². The molecule has 5 heteroatoms. The molecule has 4 aliphatic rings. The van der Waals surface area contributed by atoms with Gasteiger partial charge in [-0.2, -0.15) is 5.26 Å². The van der Waals surface area contributed by atoms with Crippen molar-refractivity contribution in [3.63, 3.8) is 0 Å². The number of nitrogens with one attached hydrogen (secondary N) is 1. The van der Waals surface area contributed by atoms with Crippen LogP contribution >= 0.6 is 0 Å². The second-order valence-corrected chi connectivity index (χ2v) is 10.4. The third-order valence-corrected chi connectivity index (χ3v) is 7.91. The van der Waals surface area contributed by atoms with Gasteiger partial charge in [0.05, 0.1) is 6.07 Å². The molecule has 0 saturated carbocycles. The number of ketones is 1. The van der Waals surface area contributed by atoms with Crippen molar-refractivity contribution in [3.05, 3.63) is 76.5 Å². The Morgan fingerprint density at radius 1 is 1.18 bits per heavy atom. The van der Waals surface area contributed by atoms with Crippen LogP contribution in [0.5, 0.6) is 0 Å². The summed E-state index contributed by atoms with van der Waals surface area (Å²) in [6, 6.07) is 9.19. The van der Waals surface area contributed by atoms with E-state index in [4.69, 9.17) is 0 Å². The van der Waals surface area contributed by atoms with E-state index in [9.17, 15) is 10.1 Å². The van der Waals surface area contributed by atoms with Crippen molar-refractivity contribution in [2.75, 3.05) is 37.6 Å². The van der Waals surface area contributed by atoms with Crippen LogP contribution in [-0.2, 0) is 5.41 Å². The zero-order chi connectivity index (χ0) is 23.9. The van der Waals surface area contributed by atoms with Gasteiger partial charge in [0.15, 0.2) is 5.78 Å². The average molecular weight is 455 g/mol. The molecule has 0 aromatic heterocycles. The molecule has 3 aliphatic heterocycles. The second kappa shape index (κ2) is 8.92. The maximum Gasteiger partial charge on any atom is 0.195 e. The van der Waals surface area contributed by atoms with Crippen LogP contribution in [0.25, 0.3) is 0 Å². The fraction of sp³-hybridized carbons (Fsp3) is 0.448. The van der Waals surface area contributed by atoms with Crippen molar-refractivity contribution in [1.82, 2.24) is 10.2 Å². The summed E-state index contributed by atoms with van der Waals surface area (Å²) < 4.78 is 0. The molecule has 0 amide bonds. The van der Waals surface area contributed by atoms with Gasteiger partial charge < -0.3 is 15.1 Å². The van der Waals surface area contributed by atoms with E-state index in [-0.39, 0.29) is 11.2 Å². The van der Waals surface area contributed by atoms with Gasteiger partial charge in [-0.15, -0.1) is 0 Å². The highest BCUT2D eigenvalue weighted by Crippen LogP contribution is 2.43. The Balaban J connectivity index is 1.50. The minimum atomic E-state index is -0.376. The van der Waals surface area contributed by atoms with Crippen molar-refractivity contribution < 1.29 is 4.79 Å². The number of nitrogens with zero attached hydrogens (tertiary/aromatic N) is 3. The summed E-state index contributed by atoms with van der Waals surface area (Å²) in [6.07, 6.45) is 10.4. The lowest BCUT2D eigenvalue weighted by atomic mass is 9.70. The van der Waals surface area contributed by atoms with Crippen LogP contribution in [-0.4, -0.2) is 49.4 Å². The fourth-order valence-corrected chi connectivity index (χ4v) is 6.07. The number of hydrogen-bond acceptors (Lipinski definition) is 5. The van der Waals surface area contributed by atoms with Gasteiger partial charge in [-0.1, -0.05) is 32.6 Å². The largest absolute Gasteiger partial charge is 0.383 e. The standard InChI is InChI=1S/C29H34N4O/c1-20-8-9-21(18-30)12-13-31-28-26(20)27(34)24-17-22(10-11-25(24)29(28,2)3)33-16-6-7-23(33)19-32-14-4-5-15-32/h8-12,17,23,31H,1,4-7,13-16,19H2,2-3H3/b9-8-,21-12+/t23-/m0/s1. The summed E-state index contributed by atoms with van der Waals surface area (Å²) in [5.74, 6) is 0.0176. The first-order chi connectivity index (χ1) is 16.4. The first kappa shape index (κ1) is 22.7. The Morgan fingerprint density at radius 3 is 2.74 bits per heavy atom. The van der Waals surface area contributed by atoms with Crippen LogP contribution in [0.3, 0.4) is 0 Å².